The topological polar surface area (TPSA) is 205 Å². The van der Waals surface area contributed by atoms with Crippen LogP contribution in [0.1, 0.15) is 126 Å². The maximum Gasteiger partial charge on any atom is 0.329 e. The molecule has 4 fully saturated rings. The maximum atomic E-state index is 14.4. The van der Waals surface area contributed by atoms with Gasteiger partial charge in [-0.25, -0.2) is 4.79 Å². The molecule has 382 valence electrons. The van der Waals surface area contributed by atoms with Crippen molar-refractivity contribution in [2.45, 2.75) is 186 Å². The molecule has 5 aliphatic rings. The van der Waals surface area contributed by atoms with Crippen molar-refractivity contribution in [1.29, 1.82) is 0 Å². The number of Topliss-reactive ketones (excluding diaryl/α,β-unsaturated/α-hetero) is 3. The molecule has 1 aliphatic carbocycles. The Morgan fingerprint density at radius 1 is 0.868 bits per heavy atom. The fraction of sp³-hybridized carbons (Fsp3) is 0.755. The molecule has 15 heteroatoms. The summed E-state index contributed by atoms with van der Waals surface area (Å²) in [6, 6.07) is -1.15. The van der Waals surface area contributed by atoms with E-state index in [9.17, 15) is 39.3 Å². The molecule has 4 heterocycles. The molecule has 1 saturated carbocycles. The van der Waals surface area contributed by atoms with Gasteiger partial charge in [0.25, 0.3) is 11.7 Å². The Hall–Kier alpha value is -3.41. The number of piperidine rings is 1. The average Bonchev–Trinajstić information content (AvgIpc) is 3.30. The van der Waals surface area contributed by atoms with Gasteiger partial charge in [-0.15, -0.1) is 0 Å². The van der Waals surface area contributed by atoms with E-state index in [1.54, 1.807) is 34.0 Å². The number of rotatable bonds is 7. The second kappa shape index (κ2) is 25.6. The number of aliphatic hydroxyl groups is 3. The van der Waals surface area contributed by atoms with E-state index in [-0.39, 0.29) is 60.9 Å². The van der Waals surface area contributed by atoms with E-state index < -0.39 is 83.9 Å². The zero-order valence-electron chi connectivity index (χ0n) is 42.0. The van der Waals surface area contributed by atoms with Gasteiger partial charge in [-0.3, -0.25) is 19.2 Å². The van der Waals surface area contributed by atoms with Crippen LogP contribution in [-0.2, 0) is 52.4 Å². The highest BCUT2D eigenvalue weighted by Crippen LogP contribution is 2.38. The normalized spacial score (nSPS) is 38.0. The van der Waals surface area contributed by atoms with Crippen LogP contribution in [-0.4, -0.2) is 144 Å². The molecule has 4 aliphatic heterocycles. The lowest BCUT2D eigenvalue weighted by Crippen LogP contribution is -2.61. The van der Waals surface area contributed by atoms with Crippen molar-refractivity contribution in [3.63, 3.8) is 0 Å². The van der Waals surface area contributed by atoms with Crippen molar-refractivity contribution in [1.82, 2.24) is 4.90 Å². The van der Waals surface area contributed by atoms with Crippen LogP contribution in [0.25, 0.3) is 0 Å². The van der Waals surface area contributed by atoms with Crippen LogP contribution < -0.4 is 0 Å². The largest absolute Gasteiger partial charge is 0.460 e. The quantitative estimate of drug-likeness (QED) is 0.153. The fourth-order valence-electron chi connectivity index (χ4n) is 10.5. The van der Waals surface area contributed by atoms with E-state index in [1.807, 2.05) is 58.1 Å². The number of carbonyl (C=O) groups is 5. The molecule has 15 nitrogen and oxygen atoms in total. The van der Waals surface area contributed by atoms with Crippen molar-refractivity contribution >= 4 is 29.2 Å². The van der Waals surface area contributed by atoms with Crippen molar-refractivity contribution in [2.24, 2.45) is 35.5 Å². The van der Waals surface area contributed by atoms with Gasteiger partial charge in [0.1, 0.15) is 36.2 Å². The van der Waals surface area contributed by atoms with E-state index in [0.717, 1.165) is 12.0 Å². The van der Waals surface area contributed by atoms with Crippen LogP contribution in [0.15, 0.2) is 47.6 Å². The summed E-state index contributed by atoms with van der Waals surface area (Å²) >= 11 is 0. The van der Waals surface area contributed by atoms with Crippen LogP contribution in [0.2, 0.25) is 0 Å². The Labute approximate surface area is 404 Å². The van der Waals surface area contributed by atoms with Gasteiger partial charge in [0.05, 0.1) is 37.6 Å². The van der Waals surface area contributed by atoms with Crippen molar-refractivity contribution in [2.75, 3.05) is 34.0 Å². The number of hydrogen-bond acceptors (Lipinski definition) is 14. The summed E-state index contributed by atoms with van der Waals surface area (Å²) < 4.78 is 35.5. The number of aliphatic hydroxyl groups excluding tert-OH is 2. The minimum absolute atomic E-state index is 0.00818. The van der Waals surface area contributed by atoms with Gasteiger partial charge in [0.2, 0.25) is 5.79 Å². The Bertz CT molecular complexity index is 1860. The second-order valence-electron chi connectivity index (χ2n) is 20.7. The number of ketones is 3. The summed E-state index contributed by atoms with van der Waals surface area (Å²) in [5.41, 5.74) is 1.27. The van der Waals surface area contributed by atoms with Crippen molar-refractivity contribution < 1.29 is 67.7 Å². The molecule has 0 radical (unpaired) electrons. The summed E-state index contributed by atoms with van der Waals surface area (Å²) in [6.45, 7) is 13.7. The van der Waals surface area contributed by atoms with E-state index in [2.05, 4.69) is 0 Å². The smallest absolute Gasteiger partial charge is 0.329 e. The molecule has 0 aromatic rings. The third-order valence-corrected chi connectivity index (χ3v) is 15.2. The fourth-order valence-corrected chi connectivity index (χ4v) is 10.5. The predicted molar refractivity (Wildman–Crippen MR) is 254 cm³/mol. The third-order valence-electron chi connectivity index (χ3n) is 15.2. The summed E-state index contributed by atoms with van der Waals surface area (Å²) in [7, 11) is 2.95. The first-order chi connectivity index (χ1) is 32.3. The van der Waals surface area contributed by atoms with Gasteiger partial charge >= 0.3 is 5.97 Å². The lowest BCUT2D eigenvalue weighted by atomic mass is 9.78. The van der Waals surface area contributed by atoms with Gasteiger partial charge in [-0.1, -0.05) is 71.1 Å². The van der Waals surface area contributed by atoms with Crippen LogP contribution in [0.3, 0.4) is 0 Å². The molecule has 15 atom stereocenters. The first-order valence-electron chi connectivity index (χ1n) is 25.1. The Balaban J connectivity index is 1.47. The van der Waals surface area contributed by atoms with Gasteiger partial charge in [0, 0.05) is 51.4 Å². The lowest BCUT2D eigenvalue weighted by Gasteiger charge is -2.43. The van der Waals surface area contributed by atoms with Crippen LogP contribution in [0, 0.1) is 35.5 Å². The Morgan fingerprint density at radius 2 is 1.60 bits per heavy atom. The molecule has 0 aromatic heterocycles. The second-order valence-corrected chi connectivity index (χ2v) is 20.7. The van der Waals surface area contributed by atoms with Gasteiger partial charge < -0.3 is 48.6 Å². The number of methoxy groups -OCH3 is 2. The van der Waals surface area contributed by atoms with Crippen LogP contribution in [0.5, 0.6) is 0 Å². The minimum Gasteiger partial charge on any atom is -0.460 e. The predicted octanol–water partition coefficient (Wildman–Crippen LogP) is 5.95. The number of ether oxygens (including phenoxy) is 6. The van der Waals surface area contributed by atoms with E-state index in [4.69, 9.17) is 28.4 Å². The molecule has 5 rings (SSSR count). The standard InChI is InChI=1S/C53H81NO14/c1-31-15-11-10-12-16-32(2)44(66-40-29-65-30-40)27-39-20-18-37(7)53(62,68-39)50(59)51(60)54-22-14-13-17-41(54)52(61)67-45(34(4)25-38-19-21-42(55)46(26-38)63-8)28-43(56)33(3)24-36(6)48(58)49(64-9)47(57)35(5)23-31/h10-12,15-16,24,31,33-35,37-42,44-46,48-49,55,58,62H,13-14,17-23,25-30H2,1-9H3/t31-,33-,34-,35-,37-,38+,39+,41+,42-,44-,45+,46-,48-,49+,53-/m1/s1. The number of amides is 1. The highest BCUT2D eigenvalue weighted by molar-refractivity contribution is 6.39. The van der Waals surface area contributed by atoms with E-state index in [0.29, 0.717) is 76.6 Å². The van der Waals surface area contributed by atoms with Gasteiger partial charge in [0.15, 0.2) is 5.78 Å². The maximum absolute atomic E-state index is 14.4. The average molecular weight is 956 g/mol. The number of nitrogens with zero attached hydrogens (tertiary/aromatic N) is 1. The molecule has 0 aromatic carbocycles. The monoisotopic (exact) mass is 956 g/mol. The van der Waals surface area contributed by atoms with Crippen LogP contribution in [0.4, 0.5) is 0 Å². The summed E-state index contributed by atoms with van der Waals surface area (Å²) in [6.07, 6.45) is 11.0. The molecule has 3 N–H and O–H groups in total. The molecular weight excluding hydrogens is 875 g/mol. The van der Waals surface area contributed by atoms with E-state index >= 15 is 0 Å². The SMILES string of the molecule is CO[C@@H]1C[C@H](C[C@@H](C)[C@@H]2CC(=O)[C@H](C)C=C(C)[C@@H](O)[C@@H](OC)C(=O)[C@H](C)C[C@H](C)C=CC=CC=C(C)[C@H](OC3COC3)C[C@@H]3CC[C@@H](C)[C@@](O)(O3)C(=O)C(=O)N3CCCC[C@H]3C(=O)O2)CC[C@H]1O. The summed E-state index contributed by atoms with van der Waals surface area (Å²) in [5, 5.41) is 34.1. The number of esters is 1. The minimum atomic E-state index is -2.45. The molecule has 2 bridgehead atoms. The number of hydrogen-bond donors (Lipinski definition) is 3. The highest BCUT2D eigenvalue weighted by Gasteiger charge is 2.53. The number of allylic oxidation sites excluding steroid dienone is 6. The van der Waals surface area contributed by atoms with Crippen molar-refractivity contribution in [3.8, 4) is 0 Å². The molecular formula is C53H81NO14. The summed E-state index contributed by atoms with van der Waals surface area (Å²) in [5.74, 6) is -8.05. The number of carbonyl (C=O) groups excluding carboxylic acids is 5. The Kier molecular flexibility index (Phi) is 20.9. The first-order valence-corrected chi connectivity index (χ1v) is 25.1. The molecule has 0 unspecified atom stereocenters. The third kappa shape index (κ3) is 14.4. The van der Waals surface area contributed by atoms with E-state index in [1.165, 1.54) is 12.0 Å². The number of fused-ring (bicyclic) bond motifs is 3. The molecule has 0 spiro atoms. The molecule has 1 amide bonds. The zero-order valence-corrected chi connectivity index (χ0v) is 42.0. The van der Waals surface area contributed by atoms with Crippen LogP contribution >= 0.6 is 0 Å². The first kappa shape index (κ1) is 55.5. The van der Waals surface area contributed by atoms with Crippen molar-refractivity contribution in [3.05, 3.63) is 47.6 Å². The highest BCUT2D eigenvalue weighted by atomic mass is 16.6. The Morgan fingerprint density at radius 3 is 2.28 bits per heavy atom. The van der Waals surface area contributed by atoms with Gasteiger partial charge in [-0.05, 0) is 107 Å². The summed E-state index contributed by atoms with van der Waals surface area (Å²) in [4.78, 5) is 72.2. The lowest BCUT2D eigenvalue weighted by molar-refractivity contribution is -0.267. The molecule has 68 heavy (non-hydrogen) atoms. The zero-order chi connectivity index (χ0) is 49.9. The molecule has 3 saturated heterocycles. The number of cyclic esters (lactones) is 1. The van der Waals surface area contributed by atoms with Gasteiger partial charge in [-0.2, -0.15) is 0 Å².